The predicted molar refractivity (Wildman–Crippen MR) is 130 cm³/mol. The Balaban J connectivity index is 1.64. The van der Waals surface area contributed by atoms with Gasteiger partial charge < -0.3 is 9.47 Å². The molecule has 0 aromatic heterocycles. The number of aryl methyl sites for hydroxylation is 1. The molecule has 0 fully saturated rings. The van der Waals surface area contributed by atoms with Crippen LogP contribution in [0.25, 0.3) is 0 Å². The van der Waals surface area contributed by atoms with Crippen molar-refractivity contribution in [3.8, 4) is 11.5 Å². The van der Waals surface area contributed by atoms with E-state index in [2.05, 4.69) is 22.3 Å². The third-order valence-electron chi connectivity index (χ3n) is 5.12. The first-order valence-electron chi connectivity index (χ1n) is 10.6. The second kappa shape index (κ2) is 11.1. The number of hydrogen-bond acceptors (Lipinski definition) is 5. The van der Waals surface area contributed by atoms with Gasteiger partial charge in [0.25, 0.3) is 0 Å². The van der Waals surface area contributed by atoms with Crippen LogP contribution in [0.15, 0.2) is 67.3 Å². The third-order valence-corrected chi connectivity index (χ3v) is 6.58. The summed E-state index contributed by atoms with van der Waals surface area (Å²) in [6.45, 7) is 6.28. The van der Waals surface area contributed by atoms with Gasteiger partial charge >= 0.3 is 10.2 Å². The number of nitrogens with zero attached hydrogens (tertiary/aromatic N) is 2. The molecule has 2 aromatic carbocycles. The summed E-state index contributed by atoms with van der Waals surface area (Å²) in [5.41, 5.74) is 2.14. The van der Waals surface area contributed by atoms with Crippen LogP contribution in [0.2, 0.25) is 0 Å². The first kappa shape index (κ1) is 23.7. The summed E-state index contributed by atoms with van der Waals surface area (Å²) in [4.78, 5) is 2.14. The first-order valence-corrected chi connectivity index (χ1v) is 12.0. The zero-order valence-electron chi connectivity index (χ0n) is 18.7. The summed E-state index contributed by atoms with van der Waals surface area (Å²) in [7, 11) is -0.143. The van der Waals surface area contributed by atoms with Crippen LogP contribution in [0.1, 0.15) is 12.0 Å². The lowest BCUT2D eigenvalue weighted by atomic mass is 10.0. The summed E-state index contributed by atoms with van der Waals surface area (Å²) < 4.78 is 41.1. The predicted octanol–water partition coefficient (Wildman–Crippen LogP) is 3.86. The lowest BCUT2D eigenvalue weighted by molar-refractivity contribution is 0.360. The lowest BCUT2D eigenvalue weighted by Crippen LogP contribution is -2.39. The second-order valence-corrected chi connectivity index (χ2v) is 9.19. The molecular weight excluding hydrogens is 426 g/mol. The van der Waals surface area contributed by atoms with Crippen molar-refractivity contribution in [2.24, 2.45) is 0 Å². The van der Waals surface area contributed by atoms with E-state index >= 15 is 0 Å². The Bertz CT molecular complexity index is 1040. The van der Waals surface area contributed by atoms with Gasteiger partial charge in [-0.3, -0.25) is 13.9 Å². The molecule has 0 saturated carbocycles. The van der Waals surface area contributed by atoms with E-state index in [0.29, 0.717) is 30.3 Å². The van der Waals surface area contributed by atoms with Gasteiger partial charge in [-0.05, 0) is 67.9 Å². The Hall–Kier alpha value is -2.97. The summed E-state index contributed by atoms with van der Waals surface area (Å²) >= 11 is 0. The molecule has 0 spiro atoms. The quantitative estimate of drug-likeness (QED) is 0.519. The molecule has 0 amide bonds. The second-order valence-electron chi connectivity index (χ2n) is 7.59. The topological polar surface area (TPSA) is 71.1 Å². The van der Waals surface area contributed by atoms with Gasteiger partial charge in [0, 0.05) is 19.6 Å². The van der Waals surface area contributed by atoms with Gasteiger partial charge in [-0.2, -0.15) is 8.42 Å². The normalized spacial score (nSPS) is 13.8. The van der Waals surface area contributed by atoms with Gasteiger partial charge in [0.1, 0.15) is 18.1 Å². The molecule has 8 heteroatoms. The number of methoxy groups -OCH3 is 1. The summed E-state index contributed by atoms with van der Waals surface area (Å²) in [6, 6.07) is 12.4. The Morgan fingerprint density at radius 1 is 1.12 bits per heavy atom. The molecule has 1 heterocycles. The number of benzene rings is 2. The number of rotatable bonds is 11. The number of hydrogen-bond donors (Lipinski definition) is 1. The van der Waals surface area contributed by atoms with Gasteiger partial charge in [-0.15, -0.1) is 6.58 Å². The highest BCUT2D eigenvalue weighted by Gasteiger charge is 2.27. The maximum atomic E-state index is 13.0. The van der Waals surface area contributed by atoms with Crippen molar-refractivity contribution in [2.45, 2.75) is 12.8 Å². The Morgan fingerprint density at radius 3 is 2.59 bits per heavy atom. The molecule has 7 nitrogen and oxygen atoms in total. The summed E-state index contributed by atoms with van der Waals surface area (Å²) in [6.07, 6.45) is 7.46. The zero-order valence-corrected chi connectivity index (χ0v) is 19.5. The molecule has 2 aromatic rings. The number of nitrogens with one attached hydrogen (secondary N) is 1. The van der Waals surface area contributed by atoms with E-state index in [4.69, 9.17) is 9.47 Å². The van der Waals surface area contributed by atoms with Gasteiger partial charge in [0.15, 0.2) is 0 Å². The largest absolute Gasteiger partial charge is 0.497 e. The Kier molecular flexibility index (Phi) is 8.19. The minimum Gasteiger partial charge on any atom is -0.497 e. The van der Waals surface area contributed by atoms with Crippen molar-refractivity contribution in [3.63, 3.8) is 0 Å². The van der Waals surface area contributed by atoms with E-state index in [-0.39, 0.29) is 0 Å². The van der Waals surface area contributed by atoms with Crippen LogP contribution in [-0.4, -0.2) is 53.7 Å². The van der Waals surface area contributed by atoms with Gasteiger partial charge in [0.2, 0.25) is 0 Å². The average Bonchev–Trinajstić information content (AvgIpc) is 2.78. The molecule has 3 rings (SSSR count). The van der Waals surface area contributed by atoms with E-state index < -0.39 is 10.2 Å². The minimum atomic E-state index is -3.74. The van der Waals surface area contributed by atoms with Crippen LogP contribution in [0, 0.1) is 0 Å². The number of likely N-dealkylation sites (N-methyl/N-ethyl adjacent to an activating group) is 1. The maximum absolute atomic E-state index is 13.0. The Labute approximate surface area is 191 Å². The van der Waals surface area contributed by atoms with Crippen LogP contribution >= 0.6 is 0 Å². The molecule has 0 atom stereocenters. The van der Waals surface area contributed by atoms with Crippen LogP contribution in [0.3, 0.4) is 0 Å². The monoisotopic (exact) mass is 457 g/mol. The molecule has 1 N–H and O–H groups in total. The standard InChI is InChI=1S/C24H31N3O4S/c1-4-15-26(2)16-5-6-18-31-23-13-14-24-20(19-23)8-7-17-27(24)32(28,29)25-21-9-11-22(30-3)12-10-21/h4-6,9-14,19,25H,1,7-8,15-18H2,2-3H3. The third kappa shape index (κ3) is 6.27. The fourth-order valence-electron chi connectivity index (χ4n) is 3.50. The van der Waals surface area contributed by atoms with Crippen LogP contribution < -0.4 is 18.5 Å². The van der Waals surface area contributed by atoms with Gasteiger partial charge in [-0.25, -0.2) is 0 Å². The maximum Gasteiger partial charge on any atom is 0.323 e. The molecule has 0 saturated heterocycles. The molecule has 1 aliphatic rings. The van der Waals surface area contributed by atoms with Crippen molar-refractivity contribution >= 4 is 21.6 Å². The van der Waals surface area contributed by atoms with Crippen molar-refractivity contribution in [2.75, 3.05) is 49.4 Å². The smallest absolute Gasteiger partial charge is 0.323 e. The van der Waals surface area contributed by atoms with E-state index in [1.54, 1.807) is 31.4 Å². The number of anilines is 2. The molecule has 0 radical (unpaired) electrons. The van der Waals surface area contributed by atoms with Crippen molar-refractivity contribution in [1.82, 2.24) is 4.90 Å². The highest BCUT2D eigenvalue weighted by molar-refractivity contribution is 7.94. The first-order chi connectivity index (χ1) is 15.4. The van der Waals surface area contributed by atoms with Crippen LogP contribution in [-0.2, 0) is 16.6 Å². The summed E-state index contributed by atoms with van der Waals surface area (Å²) in [5.74, 6) is 1.40. The SMILES string of the molecule is C=CCN(C)CC=CCOc1ccc2c(c1)CCCN2S(=O)(=O)Nc1ccc(OC)cc1. The van der Waals surface area contributed by atoms with Crippen LogP contribution in [0.5, 0.6) is 11.5 Å². The number of ether oxygens (including phenoxy) is 2. The lowest BCUT2D eigenvalue weighted by Gasteiger charge is -2.31. The molecule has 1 aliphatic heterocycles. The van der Waals surface area contributed by atoms with Crippen LogP contribution in [0.4, 0.5) is 11.4 Å². The zero-order chi connectivity index (χ0) is 23.0. The fraction of sp³-hybridized carbons (Fsp3) is 0.333. The summed E-state index contributed by atoms with van der Waals surface area (Å²) in [5, 5.41) is 0. The average molecular weight is 458 g/mol. The molecule has 0 bridgehead atoms. The van der Waals surface area contributed by atoms with Gasteiger partial charge in [-0.1, -0.05) is 18.2 Å². The van der Waals surface area contributed by atoms with E-state index in [9.17, 15) is 8.42 Å². The highest BCUT2D eigenvalue weighted by Crippen LogP contribution is 2.33. The molecule has 172 valence electrons. The van der Waals surface area contributed by atoms with E-state index in [1.807, 2.05) is 37.4 Å². The highest BCUT2D eigenvalue weighted by atomic mass is 32.2. The fourth-order valence-corrected chi connectivity index (χ4v) is 4.85. The molecular formula is C24H31N3O4S. The van der Waals surface area contributed by atoms with E-state index in [0.717, 1.165) is 37.2 Å². The number of fused-ring (bicyclic) bond motifs is 1. The van der Waals surface area contributed by atoms with Crippen molar-refractivity contribution in [1.29, 1.82) is 0 Å². The molecule has 32 heavy (non-hydrogen) atoms. The van der Waals surface area contributed by atoms with Crippen molar-refractivity contribution < 1.29 is 17.9 Å². The van der Waals surface area contributed by atoms with E-state index in [1.165, 1.54) is 4.31 Å². The minimum absolute atomic E-state index is 0.430. The Morgan fingerprint density at radius 2 is 1.88 bits per heavy atom. The van der Waals surface area contributed by atoms with Gasteiger partial charge in [0.05, 0.1) is 18.5 Å². The van der Waals surface area contributed by atoms with Crippen molar-refractivity contribution in [3.05, 3.63) is 72.8 Å². The molecule has 0 unspecified atom stereocenters. The molecule has 0 aliphatic carbocycles.